The zero-order chi connectivity index (χ0) is 13.7. The zero-order valence-corrected chi connectivity index (χ0v) is 9.83. The third-order valence-electron chi connectivity index (χ3n) is 2.31. The van der Waals surface area contributed by atoms with Gasteiger partial charge >= 0.3 is 11.7 Å². The van der Waals surface area contributed by atoms with Gasteiger partial charge in [-0.05, 0) is 18.6 Å². The van der Waals surface area contributed by atoms with Crippen molar-refractivity contribution in [3.8, 4) is 5.75 Å². The first-order valence-corrected chi connectivity index (χ1v) is 5.28. The zero-order valence-electron chi connectivity index (χ0n) is 9.83. The molecule has 0 aromatic heterocycles. The second-order valence-corrected chi connectivity index (χ2v) is 3.81. The minimum Gasteiger partial charge on any atom is -0.487 e. The summed E-state index contributed by atoms with van der Waals surface area (Å²) >= 11 is 0. The molecule has 0 radical (unpaired) electrons. The van der Waals surface area contributed by atoms with Gasteiger partial charge in [0.25, 0.3) is 0 Å². The number of aliphatic carboxylic acids is 1. The van der Waals surface area contributed by atoms with Crippen LogP contribution in [0.4, 0.5) is 5.69 Å². The van der Waals surface area contributed by atoms with Crippen molar-refractivity contribution in [2.24, 2.45) is 5.73 Å². The molecule has 0 aliphatic rings. The lowest BCUT2D eigenvalue weighted by molar-refractivity contribution is -0.385. The van der Waals surface area contributed by atoms with Gasteiger partial charge in [0.2, 0.25) is 0 Å². The summed E-state index contributed by atoms with van der Waals surface area (Å²) in [5.74, 6) is -1.01. The maximum Gasteiger partial charge on any atom is 0.320 e. The van der Waals surface area contributed by atoms with E-state index >= 15 is 0 Å². The number of aryl methyl sites for hydroxylation is 1. The summed E-state index contributed by atoms with van der Waals surface area (Å²) in [6.07, 6.45) is 0.0837. The summed E-state index contributed by atoms with van der Waals surface area (Å²) in [5, 5.41) is 19.4. The van der Waals surface area contributed by atoms with Crippen molar-refractivity contribution in [1.82, 2.24) is 0 Å². The summed E-state index contributed by atoms with van der Waals surface area (Å²) in [7, 11) is 0. The molecule has 0 aliphatic carbocycles. The number of carboxylic acid groups (broad SMARTS) is 1. The number of carbonyl (C=O) groups is 1. The fourth-order valence-electron chi connectivity index (χ4n) is 1.31. The van der Waals surface area contributed by atoms with Crippen LogP contribution in [0.5, 0.6) is 5.75 Å². The van der Waals surface area contributed by atoms with E-state index in [2.05, 4.69) is 0 Å². The highest BCUT2D eigenvalue weighted by atomic mass is 16.6. The molecular weight excluding hydrogens is 240 g/mol. The highest BCUT2D eigenvalue weighted by molar-refractivity contribution is 5.72. The SMILES string of the molecule is Cc1ccc(OCCC(N)C(=O)O)c([N+](=O)[O-])c1. The molecule has 0 amide bonds. The van der Waals surface area contributed by atoms with E-state index in [0.717, 1.165) is 5.56 Å². The average Bonchev–Trinajstić information content (AvgIpc) is 2.30. The first-order chi connectivity index (χ1) is 8.41. The normalized spacial score (nSPS) is 11.9. The van der Waals surface area contributed by atoms with Crippen molar-refractivity contribution < 1.29 is 19.6 Å². The van der Waals surface area contributed by atoms with Crippen molar-refractivity contribution in [1.29, 1.82) is 0 Å². The Bertz CT molecular complexity index is 461. The number of hydrogen-bond acceptors (Lipinski definition) is 5. The molecule has 3 N–H and O–H groups in total. The van der Waals surface area contributed by atoms with E-state index in [1.165, 1.54) is 12.1 Å². The van der Waals surface area contributed by atoms with Crippen LogP contribution in [0.2, 0.25) is 0 Å². The van der Waals surface area contributed by atoms with Gasteiger partial charge in [-0.1, -0.05) is 6.07 Å². The van der Waals surface area contributed by atoms with Crippen molar-refractivity contribution in [2.45, 2.75) is 19.4 Å². The first-order valence-electron chi connectivity index (χ1n) is 5.28. The monoisotopic (exact) mass is 254 g/mol. The number of nitrogens with zero attached hydrogens (tertiary/aromatic N) is 1. The van der Waals surface area contributed by atoms with Gasteiger partial charge in [0.15, 0.2) is 5.75 Å². The number of rotatable bonds is 6. The highest BCUT2D eigenvalue weighted by Gasteiger charge is 2.16. The van der Waals surface area contributed by atoms with Crippen LogP contribution >= 0.6 is 0 Å². The fourth-order valence-corrected chi connectivity index (χ4v) is 1.31. The summed E-state index contributed by atoms with van der Waals surface area (Å²) in [5.41, 5.74) is 5.90. The predicted molar refractivity (Wildman–Crippen MR) is 63.6 cm³/mol. The molecule has 1 rings (SSSR count). The number of benzene rings is 1. The van der Waals surface area contributed by atoms with Crippen LogP contribution in [0, 0.1) is 17.0 Å². The predicted octanol–water partition coefficient (Wildman–Crippen LogP) is 1.08. The lowest BCUT2D eigenvalue weighted by Crippen LogP contribution is -2.31. The Morgan fingerprint density at radius 2 is 2.28 bits per heavy atom. The van der Waals surface area contributed by atoms with Gasteiger partial charge in [0.1, 0.15) is 6.04 Å². The quantitative estimate of drug-likeness (QED) is 0.579. The maximum absolute atomic E-state index is 10.8. The Kier molecular flexibility index (Phi) is 4.61. The molecule has 98 valence electrons. The molecule has 0 fully saturated rings. The van der Waals surface area contributed by atoms with Crippen LogP contribution in [0.25, 0.3) is 0 Å². The van der Waals surface area contributed by atoms with Gasteiger partial charge in [-0.15, -0.1) is 0 Å². The maximum atomic E-state index is 10.8. The van der Waals surface area contributed by atoms with Crippen molar-refractivity contribution in [3.05, 3.63) is 33.9 Å². The number of nitrogens with two attached hydrogens (primary N) is 1. The molecule has 1 atom stereocenters. The van der Waals surface area contributed by atoms with Gasteiger partial charge in [0.05, 0.1) is 11.5 Å². The van der Waals surface area contributed by atoms with E-state index < -0.39 is 16.9 Å². The number of hydrogen-bond donors (Lipinski definition) is 2. The van der Waals surface area contributed by atoms with Gasteiger partial charge in [-0.3, -0.25) is 14.9 Å². The first kappa shape index (κ1) is 13.9. The average molecular weight is 254 g/mol. The second-order valence-electron chi connectivity index (χ2n) is 3.81. The van der Waals surface area contributed by atoms with E-state index in [1.807, 2.05) is 0 Å². The second kappa shape index (κ2) is 5.97. The fraction of sp³-hybridized carbons (Fsp3) is 0.364. The largest absolute Gasteiger partial charge is 0.487 e. The highest BCUT2D eigenvalue weighted by Crippen LogP contribution is 2.27. The lowest BCUT2D eigenvalue weighted by Gasteiger charge is -2.09. The van der Waals surface area contributed by atoms with Crippen LogP contribution in [-0.2, 0) is 4.79 Å². The number of ether oxygens (including phenoxy) is 1. The Labute approximate surface area is 103 Å². The summed E-state index contributed by atoms with van der Waals surface area (Å²) in [6, 6.07) is 3.53. The van der Waals surface area contributed by atoms with E-state index in [-0.39, 0.29) is 24.5 Å². The van der Waals surface area contributed by atoms with Crippen LogP contribution in [0.1, 0.15) is 12.0 Å². The molecule has 7 heteroatoms. The van der Waals surface area contributed by atoms with E-state index in [0.29, 0.717) is 0 Å². The third kappa shape index (κ3) is 3.70. The van der Waals surface area contributed by atoms with E-state index in [1.54, 1.807) is 13.0 Å². The lowest BCUT2D eigenvalue weighted by atomic mass is 10.2. The van der Waals surface area contributed by atoms with Gasteiger partial charge in [-0.25, -0.2) is 0 Å². The number of nitro benzene ring substituents is 1. The Balaban J connectivity index is 2.67. The van der Waals surface area contributed by atoms with Crippen LogP contribution in [-0.4, -0.2) is 28.6 Å². The minimum absolute atomic E-state index is 0.0113. The van der Waals surface area contributed by atoms with Gasteiger partial charge in [0, 0.05) is 12.5 Å². The van der Waals surface area contributed by atoms with Crippen molar-refractivity contribution in [3.63, 3.8) is 0 Å². The van der Waals surface area contributed by atoms with E-state index in [4.69, 9.17) is 15.6 Å². The minimum atomic E-state index is -1.13. The molecule has 1 unspecified atom stereocenters. The molecular formula is C11H14N2O5. The molecule has 0 spiro atoms. The number of carboxylic acids is 1. The Morgan fingerprint density at radius 1 is 1.61 bits per heavy atom. The molecule has 7 nitrogen and oxygen atoms in total. The topological polar surface area (TPSA) is 116 Å². The van der Waals surface area contributed by atoms with Gasteiger partial charge in [-0.2, -0.15) is 0 Å². The van der Waals surface area contributed by atoms with Crippen molar-refractivity contribution in [2.75, 3.05) is 6.61 Å². The summed E-state index contributed by atoms with van der Waals surface area (Å²) in [4.78, 5) is 20.7. The number of nitro groups is 1. The van der Waals surface area contributed by atoms with Gasteiger partial charge < -0.3 is 15.6 Å². The molecule has 0 heterocycles. The van der Waals surface area contributed by atoms with Crippen LogP contribution in [0.15, 0.2) is 18.2 Å². The molecule has 1 aromatic rings. The molecule has 0 aliphatic heterocycles. The Morgan fingerprint density at radius 3 is 2.83 bits per heavy atom. The Hall–Kier alpha value is -2.15. The van der Waals surface area contributed by atoms with Crippen LogP contribution in [0.3, 0.4) is 0 Å². The summed E-state index contributed by atoms with van der Waals surface area (Å²) < 4.78 is 5.19. The molecule has 0 saturated heterocycles. The van der Waals surface area contributed by atoms with Crippen molar-refractivity contribution >= 4 is 11.7 Å². The molecule has 0 bridgehead atoms. The van der Waals surface area contributed by atoms with Crippen LogP contribution < -0.4 is 10.5 Å². The molecule has 18 heavy (non-hydrogen) atoms. The molecule has 1 aromatic carbocycles. The summed E-state index contributed by atoms with van der Waals surface area (Å²) in [6.45, 7) is 1.74. The smallest absolute Gasteiger partial charge is 0.320 e. The standard InChI is InChI=1S/C11H14N2O5/c1-7-2-3-10(9(6-7)13(16)17)18-5-4-8(12)11(14)15/h2-3,6,8H,4-5,12H2,1H3,(H,14,15). The molecule has 0 saturated carbocycles. The third-order valence-corrected chi connectivity index (χ3v) is 2.31. The van der Waals surface area contributed by atoms with E-state index in [9.17, 15) is 14.9 Å².